The maximum absolute atomic E-state index is 5.03. The van der Waals surface area contributed by atoms with Crippen LogP contribution in [0.3, 0.4) is 0 Å². The third-order valence-corrected chi connectivity index (χ3v) is 3.66. The van der Waals surface area contributed by atoms with Gasteiger partial charge in [-0.3, -0.25) is 9.58 Å². The highest BCUT2D eigenvalue weighted by Crippen LogP contribution is 2.17. The Labute approximate surface area is 115 Å². The lowest BCUT2D eigenvalue weighted by Gasteiger charge is -2.31. The van der Waals surface area contributed by atoms with E-state index in [0.29, 0.717) is 0 Å². The van der Waals surface area contributed by atoms with Gasteiger partial charge in [0.1, 0.15) is 0 Å². The van der Waals surface area contributed by atoms with Crippen molar-refractivity contribution in [3.8, 4) is 0 Å². The molecule has 1 fully saturated rings. The molecule has 0 spiro atoms. The van der Waals surface area contributed by atoms with Crippen LogP contribution in [0.1, 0.15) is 18.5 Å². The summed E-state index contributed by atoms with van der Waals surface area (Å²) in [6.45, 7) is 6.11. The fraction of sp³-hybridized carbons (Fsp3) is 0.846. The molecule has 0 aliphatic carbocycles. The van der Waals surface area contributed by atoms with Crippen LogP contribution < -0.4 is 5.32 Å². The molecule has 1 aliphatic rings. The fourth-order valence-corrected chi connectivity index (χ4v) is 2.53. The molecule has 108 valence electrons. The largest absolute Gasteiger partial charge is 0.383 e. The summed E-state index contributed by atoms with van der Waals surface area (Å²) in [5.41, 5.74) is 1.07. The summed E-state index contributed by atoms with van der Waals surface area (Å²) in [6, 6.07) is 0. The average Bonchev–Trinajstić information content (AvgIpc) is 2.82. The second-order valence-electron chi connectivity index (χ2n) is 5.30. The van der Waals surface area contributed by atoms with Crippen LogP contribution in [0.4, 0.5) is 0 Å². The Morgan fingerprint density at radius 2 is 2.21 bits per heavy atom. The zero-order valence-electron chi connectivity index (χ0n) is 12.0. The zero-order chi connectivity index (χ0) is 13.5. The molecular formula is C13H25N5O. The molecule has 1 saturated heterocycles. The molecule has 0 radical (unpaired) electrons. The minimum absolute atomic E-state index is 0.797. The lowest BCUT2D eigenvalue weighted by Crippen LogP contribution is -2.37. The number of piperidine rings is 1. The summed E-state index contributed by atoms with van der Waals surface area (Å²) in [5, 5.41) is 11.6. The lowest BCUT2D eigenvalue weighted by atomic mass is 9.97. The Bertz CT molecular complexity index is 360. The first kappa shape index (κ1) is 14.4. The first-order chi connectivity index (χ1) is 9.28. The van der Waals surface area contributed by atoms with Crippen LogP contribution in [0, 0.1) is 5.92 Å². The second-order valence-corrected chi connectivity index (χ2v) is 5.30. The summed E-state index contributed by atoms with van der Waals surface area (Å²) in [6.07, 6.45) is 4.53. The van der Waals surface area contributed by atoms with Crippen molar-refractivity contribution in [2.45, 2.75) is 19.4 Å². The fourth-order valence-electron chi connectivity index (χ4n) is 2.53. The number of nitrogens with one attached hydrogen (secondary N) is 1. The van der Waals surface area contributed by atoms with Crippen LogP contribution in [0.5, 0.6) is 0 Å². The number of aromatic nitrogens is 3. The van der Waals surface area contributed by atoms with Gasteiger partial charge in [0.05, 0.1) is 12.3 Å². The summed E-state index contributed by atoms with van der Waals surface area (Å²) in [5.74, 6) is 0.801. The summed E-state index contributed by atoms with van der Waals surface area (Å²) in [4.78, 5) is 2.47. The summed E-state index contributed by atoms with van der Waals surface area (Å²) in [7, 11) is 3.65. The average molecular weight is 267 g/mol. The van der Waals surface area contributed by atoms with E-state index < -0.39 is 0 Å². The van der Waals surface area contributed by atoms with Crippen molar-refractivity contribution in [1.82, 2.24) is 25.2 Å². The number of methoxy groups -OCH3 is 1. The number of likely N-dealkylation sites (tertiary alicyclic amines) is 1. The van der Waals surface area contributed by atoms with E-state index in [2.05, 4.69) is 20.5 Å². The van der Waals surface area contributed by atoms with Crippen molar-refractivity contribution >= 4 is 0 Å². The number of rotatable bonds is 7. The number of ether oxygens (including phenoxy) is 1. The molecule has 19 heavy (non-hydrogen) atoms. The van der Waals surface area contributed by atoms with Crippen LogP contribution >= 0.6 is 0 Å². The number of hydrogen-bond acceptors (Lipinski definition) is 5. The molecule has 0 saturated carbocycles. The zero-order valence-corrected chi connectivity index (χ0v) is 12.0. The van der Waals surface area contributed by atoms with Crippen molar-refractivity contribution in [1.29, 1.82) is 0 Å². The van der Waals surface area contributed by atoms with Crippen LogP contribution in [-0.2, 0) is 18.3 Å². The van der Waals surface area contributed by atoms with Gasteiger partial charge in [0.15, 0.2) is 0 Å². The molecule has 0 amide bonds. The maximum atomic E-state index is 5.03. The van der Waals surface area contributed by atoms with E-state index in [1.54, 1.807) is 11.8 Å². The van der Waals surface area contributed by atoms with Crippen LogP contribution in [0.15, 0.2) is 6.20 Å². The molecule has 1 aromatic heterocycles. The molecule has 6 heteroatoms. The molecule has 1 aliphatic heterocycles. The van der Waals surface area contributed by atoms with E-state index in [-0.39, 0.29) is 0 Å². The Kier molecular flexibility index (Phi) is 5.75. The highest BCUT2D eigenvalue weighted by Gasteiger charge is 2.19. The van der Waals surface area contributed by atoms with Gasteiger partial charge >= 0.3 is 0 Å². The molecule has 2 rings (SSSR count). The van der Waals surface area contributed by atoms with E-state index in [4.69, 9.17) is 4.74 Å². The number of nitrogens with zero attached hydrogens (tertiary/aromatic N) is 4. The summed E-state index contributed by atoms with van der Waals surface area (Å²) < 4.78 is 6.80. The van der Waals surface area contributed by atoms with Crippen molar-refractivity contribution in [3.63, 3.8) is 0 Å². The Balaban J connectivity index is 1.62. The number of aryl methyl sites for hydroxylation is 1. The van der Waals surface area contributed by atoms with Gasteiger partial charge in [-0.15, -0.1) is 5.10 Å². The highest BCUT2D eigenvalue weighted by molar-refractivity contribution is 4.92. The molecule has 1 N–H and O–H groups in total. The standard InChI is InChI=1S/C13H25N5O/c1-17-10-13(15-16-17)11-18-6-3-12(4-7-18)9-14-5-8-19-2/h10,12,14H,3-9,11H2,1-2H3. The van der Waals surface area contributed by atoms with Crippen molar-refractivity contribution in [2.24, 2.45) is 13.0 Å². The first-order valence-corrected chi connectivity index (χ1v) is 7.05. The monoisotopic (exact) mass is 267 g/mol. The first-order valence-electron chi connectivity index (χ1n) is 7.05. The molecule has 0 atom stereocenters. The molecule has 0 unspecified atom stereocenters. The topological polar surface area (TPSA) is 55.2 Å². The van der Waals surface area contributed by atoms with Gasteiger partial charge in [-0.05, 0) is 38.4 Å². The highest BCUT2D eigenvalue weighted by atomic mass is 16.5. The van der Waals surface area contributed by atoms with E-state index in [1.807, 2.05) is 13.2 Å². The SMILES string of the molecule is COCCNCC1CCN(Cc2cn(C)nn2)CC1. The second kappa shape index (κ2) is 7.57. The van der Waals surface area contributed by atoms with E-state index in [1.165, 1.54) is 12.8 Å². The van der Waals surface area contributed by atoms with Crippen molar-refractivity contribution in [2.75, 3.05) is 39.9 Å². The van der Waals surface area contributed by atoms with Gasteiger partial charge < -0.3 is 10.1 Å². The normalized spacial score (nSPS) is 18.0. The summed E-state index contributed by atoms with van der Waals surface area (Å²) >= 11 is 0. The quantitative estimate of drug-likeness (QED) is 0.718. The van der Waals surface area contributed by atoms with Crippen LogP contribution in [0.2, 0.25) is 0 Å². The lowest BCUT2D eigenvalue weighted by molar-refractivity contribution is 0.167. The predicted octanol–water partition coefficient (Wildman–Crippen LogP) is 0.263. The van der Waals surface area contributed by atoms with Crippen LogP contribution in [-0.4, -0.2) is 59.8 Å². The maximum Gasteiger partial charge on any atom is 0.0966 e. The number of hydrogen-bond donors (Lipinski definition) is 1. The predicted molar refractivity (Wildman–Crippen MR) is 73.7 cm³/mol. The molecule has 1 aromatic rings. The van der Waals surface area contributed by atoms with Gasteiger partial charge in [-0.25, -0.2) is 0 Å². The Morgan fingerprint density at radius 3 is 2.84 bits per heavy atom. The van der Waals surface area contributed by atoms with Gasteiger partial charge in [0.25, 0.3) is 0 Å². The van der Waals surface area contributed by atoms with Gasteiger partial charge in [0, 0.05) is 33.4 Å². The third kappa shape index (κ3) is 4.89. The molecule has 6 nitrogen and oxygen atoms in total. The third-order valence-electron chi connectivity index (χ3n) is 3.66. The smallest absolute Gasteiger partial charge is 0.0966 e. The van der Waals surface area contributed by atoms with Gasteiger partial charge in [-0.2, -0.15) is 0 Å². The van der Waals surface area contributed by atoms with E-state index >= 15 is 0 Å². The van der Waals surface area contributed by atoms with Gasteiger partial charge in [-0.1, -0.05) is 5.21 Å². The van der Waals surface area contributed by atoms with E-state index in [0.717, 1.165) is 50.9 Å². The molecule has 2 heterocycles. The Morgan fingerprint density at radius 1 is 1.42 bits per heavy atom. The molecule has 0 bridgehead atoms. The minimum atomic E-state index is 0.797. The molecular weight excluding hydrogens is 242 g/mol. The van der Waals surface area contributed by atoms with Crippen molar-refractivity contribution < 1.29 is 4.74 Å². The van der Waals surface area contributed by atoms with Crippen molar-refractivity contribution in [3.05, 3.63) is 11.9 Å². The minimum Gasteiger partial charge on any atom is -0.383 e. The molecule has 0 aromatic carbocycles. The Hall–Kier alpha value is -0.980. The van der Waals surface area contributed by atoms with Gasteiger partial charge in [0.2, 0.25) is 0 Å². The van der Waals surface area contributed by atoms with Crippen LogP contribution in [0.25, 0.3) is 0 Å². The van der Waals surface area contributed by atoms with E-state index in [9.17, 15) is 0 Å².